The summed E-state index contributed by atoms with van der Waals surface area (Å²) < 4.78 is 5.79. The molecule has 178 valence electrons. The number of fused-ring (bicyclic) bond motifs is 1. The van der Waals surface area contributed by atoms with Crippen molar-refractivity contribution in [2.75, 3.05) is 26.2 Å². The molecule has 0 radical (unpaired) electrons. The molecule has 34 heavy (non-hydrogen) atoms. The van der Waals surface area contributed by atoms with Gasteiger partial charge in [0.1, 0.15) is 6.54 Å². The first-order chi connectivity index (χ1) is 16.5. The van der Waals surface area contributed by atoms with Crippen LogP contribution in [-0.2, 0) is 16.0 Å². The zero-order valence-corrected chi connectivity index (χ0v) is 21.6. The first kappa shape index (κ1) is 23.8. The van der Waals surface area contributed by atoms with Crippen molar-refractivity contribution in [1.29, 1.82) is 0 Å². The zero-order chi connectivity index (χ0) is 23.7. The molecule has 3 aromatic rings. The van der Waals surface area contributed by atoms with Crippen LogP contribution < -0.4 is 0 Å². The van der Waals surface area contributed by atoms with Gasteiger partial charge in [-0.15, -0.1) is 22.7 Å². The number of hydrogen-bond acceptors (Lipinski definition) is 5. The lowest BCUT2D eigenvalue weighted by Gasteiger charge is -2.38. The van der Waals surface area contributed by atoms with E-state index in [-0.39, 0.29) is 30.5 Å². The number of hydrogen-bond donors (Lipinski definition) is 0. The molecule has 0 bridgehead atoms. The molecule has 2 atom stereocenters. The van der Waals surface area contributed by atoms with E-state index in [9.17, 15) is 9.59 Å². The summed E-state index contributed by atoms with van der Waals surface area (Å²) in [5, 5.41) is 5.01. The molecular formula is C25H24Cl2N2O3S2. The summed E-state index contributed by atoms with van der Waals surface area (Å²) in [6.45, 7) is 1.67. The maximum absolute atomic E-state index is 13.8. The van der Waals surface area contributed by atoms with Crippen LogP contribution in [0, 0.1) is 0 Å². The Morgan fingerprint density at radius 2 is 2.00 bits per heavy atom. The number of carbonyl (C=O) groups excluding carboxylic acids is 2. The number of carbonyl (C=O) groups is 2. The molecule has 5 rings (SSSR count). The van der Waals surface area contributed by atoms with Gasteiger partial charge in [-0.25, -0.2) is 0 Å². The predicted octanol–water partition coefficient (Wildman–Crippen LogP) is 5.91. The number of rotatable bonds is 6. The summed E-state index contributed by atoms with van der Waals surface area (Å²) >= 11 is 15.8. The smallest absolute Gasteiger partial charge is 0.264 e. The summed E-state index contributed by atoms with van der Waals surface area (Å²) in [7, 11) is 0. The number of ether oxygens (including phenoxy) is 1. The molecule has 0 spiro atoms. The second kappa shape index (κ2) is 10.4. The van der Waals surface area contributed by atoms with Gasteiger partial charge in [-0.2, -0.15) is 0 Å². The van der Waals surface area contributed by atoms with Crippen molar-refractivity contribution in [3.05, 3.63) is 78.1 Å². The van der Waals surface area contributed by atoms with E-state index < -0.39 is 0 Å². The largest absolute Gasteiger partial charge is 0.376 e. The Bertz CT molecular complexity index is 1170. The lowest BCUT2D eigenvalue weighted by atomic mass is 9.93. The summed E-state index contributed by atoms with van der Waals surface area (Å²) in [5.74, 6) is -0.232. The van der Waals surface area contributed by atoms with Crippen LogP contribution in [0.4, 0.5) is 0 Å². The maximum atomic E-state index is 13.8. The Labute approximate surface area is 216 Å². The van der Waals surface area contributed by atoms with Gasteiger partial charge >= 0.3 is 0 Å². The quantitative estimate of drug-likeness (QED) is 0.394. The van der Waals surface area contributed by atoms with Crippen LogP contribution in [0.25, 0.3) is 0 Å². The number of amides is 2. The van der Waals surface area contributed by atoms with Gasteiger partial charge in [0.2, 0.25) is 5.91 Å². The van der Waals surface area contributed by atoms with Gasteiger partial charge in [-0.1, -0.05) is 35.3 Å². The van der Waals surface area contributed by atoms with Gasteiger partial charge in [0.15, 0.2) is 0 Å². The topological polar surface area (TPSA) is 49.9 Å². The first-order valence-electron chi connectivity index (χ1n) is 11.3. The molecule has 0 N–H and O–H groups in total. The SMILES string of the molecule is O=C(c1cccs1)N(CC(=O)N1CCc2sccc2C1c1ccc(Cl)cc1Cl)CC1CCCO1. The van der Waals surface area contributed by atoms with Crippen molar-refractivity contribution < 1.29 is 14.3 Å². The molecule has 2 aliphatic rings. The third-order valence-electron chi connectivity index (χ3n) is 6.34. The number of halogens is 2. The van der Waals surface area contributed by atoms with E-state index in [1.807, 2.05) is 22.4 Å². The van der Waals surface area contributed by atoms with Crippen LogP contribution >= 0.6 is 45.9 Å². The van der Waals surface area contributed by atoms with Crippen LogP contribution in [0.3, 0.4) is 0 Å². The fourth-order valence-corrected chi connectivity index (χ4v) is 6.81. The van der Waals surface area contributed by atoms with E-state index in [4.69, 9.17) is 27.9 Å². The summed E-state index contributed by atoms with van der Waals surface area (Å²) in [5.41, 5.74) is 1.93. The predicted molar refractivity (Wildman–Crippen MR) is 137 cm³/mol. The second-order valence-corrected chi connectivity index (χ2v) is 11.3. The van der Waals surface area contributed by atoms with Crippen molar-refractivity contribution >= 4 is 57.7 Å². The monoisotopic (exact) mass is 534 g/mol. The molecule has 0 saturated carbocycles. The fraction of sp³-hybridized carbons (Fsp3) is 0.360. The zero-order valence-electron chi connectivity index (χ0n) is 18.4. The van der Waals surface area contributed by atoms with E-state index in [1.54, 1.807) is 34.4 Å². The third kappa shape index (κ3) is 4.90. The highest BCUT2D eigenvalue weighted by Gasteiger charge is 2.36. The highest BCUT2D eigenvalue weighted by atomic mass is 35.5. The lowest BCUT2D eigenvalue weighted by Crippen LogP contribution is -2.48. The average molecular weight is 536 g/mol. The normalized spacial score (nSPS) is 19.8. The molecule has 1 fully saturated rings. The Balaban J connectivity index is 1.44. The van der Waals surface area contributed by atoms with Crippen LogP contribution in [-0.4, -0.2) is 54.0 Å². The molecule has 4 heterocycles. The van der Waals surface area contributed by atoms with E-state index >= 15 is 0 Å². The Morgan fingerprint density at radius 3 is 2.74 bits per heavy atom. The Kier molecular flexibility index (Phi) is 7.27. The van der Waals surface area contributed by atoms with Gasteiger partial charge < -0.3 is 14.5 Å². The van der Waals surface area contributed by atoms with Crippen molar-refractivity contribution in [1.82, 2.24) is 9.80 Å². The van der Waals surface area contributed by atoms with Crippen LogP contribution in [0.2, 0.25) is 10.0 Å². The van der Waals surface area contributed by atoms with Gasteiger partial charge in [0.05, 0.1) is 17.0 Å². The van der Waals surface area contributed by atoms with Crippen LogP contribution in [0.15, 0.2) is 47.2 Å². The lowest BCUT2D eigenvalue weighted by molar-refractivity contribution is -0.134. The molecule has 9 heteroatoms. The standard InChI is InChI=1S/C25H24Cl2N2O3S2/c26-16-5-6-18(20(27)13-16)24-19-8-12-34-21(19)7-9-29(24)23(30)15-28(14-17-3-1-10-32-17)25(31)22-4-2-11-33-22/h2,4-6,8,11-13,17,24H,1,3,7,9-10,14-15H2. The molecule has 1 saturated heterocycles. The van der Waals surface area contributed by atoms with E-state index in [0.29, 0.717) is 34.6 Å². The minimum absolute atomic E-state index is 0.00221. The number of benzene rings is 1. The van der Waals surface area contributed by atoms with E-state index in [1.165, 1.54) is 16.2 Å². The van der Waals surface area contributed by atoms with Gasteiger partial charge in [-0.3, -0.25) is 9.59 Å². The summed E-state index contributed by atoms with van der Waals surface area (Å²) in [6, 6.07) is 10.8. The molecule has 2 amide bonds. The summed E-state index contributed by atoms with van der Waals surface area (Å²) in [6.07, 6.45) is 2.62. The summed E-state index contributed by atoms with van der Waals surface area (Å²) in [4.78, 5) is 32.5. The van der Waals surface area contributed by atoms with E-state index in [0.717, 1.165) is 30.4 Å². The average Bonchev–Trinajstić information content (AvgIpc) is 3.60. The van der Waals surface area contributed by atoms with Gasteiger partial charge in [0.25, 0.3) is 5.91 Å². The van der Waals surface area contributed by atoms with Gasteiger partial charge in [-0.05, 0) is 65.4 Å². The van der Waals surface area contributed by atoms with Crippen molar-refractivity contribution in [2.24, 2.45) is 0 Å². The van der Waals surface area contributed by atoms with Crippen LogP contribution in [0.1, 0.15) is 44.6 Å². The molecule has 1 aromatic carbocycles. The maximum Gasteiger partial charge on any atom is 0.264 e. The highest BCUT2D eigenvalue weighted by Crippen LogP contribution is 2.41. The Hall–Kier alpha value is -1.90. The molecule has 2 unspecified atom stereocenters. The molecule has 5 nitrogen and oxygen atoms in total. The van der Waals surface area contributed by atoms with Gasteiger partial charge in [0, 0.05) is 34.6 Å². The second-order valence-electron chi connectivity index (χ2n) is 8.50. The van der Waals surface area contributed by atoms with Crippen molar-refractivity contribution in [3.8, 4) is 0 Å². The molecular weight excluding hydrogens is 511 g/mol. The first-order valence-corrected chi connectivity index (χ1v) is 13.8. The van der Waals surface area contributed by atoms with Crippen molar-refractivity contribution in [2.45, 2.75) is 31.4 Å². The fourth-order valence-electron chi connectivity index (χ4n) is 4.71. The van der Waals surface area contributed by atoms with Crippen LogP contribution in [0.5, 0.6) is 0 Å². The Morgan fingerprint density at radius 1 is 1.12 bits per heavy atom. The third-order valence-corrected chi connectivity index (χ3v) is 8.75. The minimum atomic E-state index is -0.311. The van der Waals surface area contributed by atoms with Crippen molar-refractivity contribution in [3.63, 3.8) is 0 Å². The molecule has 2 aliphatic heterocycles. The minimum Gasteiger partial charge on any atom is -0.376 e. The highest BCUT2D eigenvalue weighted by molar-refractivity contribution is 7.12. The number of nitrogens with zero attached hydrogens (tertiary/aromatic N) is 2. The molecule has 0 aliphatic carbocycles. The van der Waals surface area contributed by atoms with E-state index in [2.05, 4.69) is 11.4 Å². The number of thiophene rings is 2. The molecule has 2 aromatic heterocycles.